The molecule has 0 unspecified atom stereocenters. The monoisotopic (exact) mass is 366 g/mol. The van der Waals surface area contributed by atoms with Gasteiger partial charge in [0.15, 0.2) is 0 Å². The lowest BCUT2D eigenvalue weighted by Crippen LogP contribution is -1.75. The number of halogens is 2. The summed E-state index contributed by atoms with van der Waals surface area (Å²) >= 11 is 8.91. The minimum Gasteiger partial charge on any atom is -0.127 e. The number of fused-ring (bicyclic) bond motifs is 1. The van der Waals surface area contributed by atoms with Crippen LogP contribution in [-0.4, -0.2) is 0 Å². The molecular formula is C14H8Br2S. The van der Waals surface area contributed by atoms with Crippen LogP contribution in [0.15, 0.2) is 56.8 Å². The Balaban J connectivity index is 2.21. The molecule has 0 amide bonds. The van der Waals surface area contributed by atoms with Crippen LogP contribution in [0.2, 0.25) is 0 Å². The number of thiophene rings is 1. The van der Waals surface area contributed by atoms with Gasteiger partial charge in [-0.05, 0) is 49.1 Å². The average Bonchev–Trinajstić information content (AvgIpc) is 2.66. The largest absolute Gasteiger partial charge is 0.127 e. The predicted molar refractivity (Wildman–Crippen MR) is 82.7 cm³/mol. The van der Waals surface area contributed by atoms with Gasteiger partial charge in [0.25, 0.3) is 0 Å². The van der Waals surface area contributed by atoms with E-state index in [1.807, 2.05) is 6.07 Å². The summed E-state index contributed by atoms with van der Waals surface area (Å²) in [6, 6.07) is 17.0. The molecule has 2 aromatic carbocycles. The molecule has 1 aromatic heterocycles. The third-order valence-corrected chi connectivity index (χ3v) is 6.14. The molecule has 17 heavy (non-hydrogen) atoms. The van der Waals surface area contributed by atoms with Crippen LogP contribution in [0.1, 0.15) is 0 Å². The summed E-state index contributed by atoms with van der Waals surface area (Å²) in [4.78, 5) is 0. The van der Waals surface area contributed by atoms with Crippen molar-refractivity contribution in [3.05, 3.63) is 56.8 Å². The van der Waals surface area contributed by atoms with E-state index in [0.29, 0.717) is 0 Å². The molecule has 0 spiro atoms. The Labute approximate surface area is 121 Å². The van der Waals surface area contributed by atoms with Crippen molar-refractivity contribution in [2.75, 3.05) is 0 Å². The van der Waals surface area contributed by atoms with Crippen LogP contribution in [-0.2, 0) is 0 Å². The Morgan fingerprint density at radius 2 is 1.59 bits per heavy atom. The van der Waals surface area contributed by atoms with Crippen LogP contribution in [0.4, 0.5) is 0 Å². The van der Waals surface area contributed by atoms with Crippen molar-refractivity contribution in [2.24, 2.45) is 0 Å². The predicted octanol–water partition coefficient (Wildman–Crippen LogP) is 6.09. The maximum absolute atomic E-state index is 3.60. The molecule has 0 saturated carbocycles. The van der Waals surface area contributed by atoms with Crippen molar-refractivity contribution in [3.63, 3.8) is 0 Å². The molecule has 0 nitrogen and oxygen atoms in total. The molecule has 0 aliphatic carbocycles. The standard InChI is InChI=1S/C14H8Br2S/c15-13-11-7-6-10(8-12(11)17-14(13)16)9-4-2-1-3-5-9/h1-8H. The molecule has 0 aliphatic rings. The van der Waals surface area contributed by atoms with Gasteiger partial charge in [-0.3, -0.25) is 0 Å². The Morgan fingerprint density at radius 3 is 2.35 bits per heavy atom. The second-order valence-electron chi connectivity index (χ2n) is 3.77. The van der Waals surface area contributed by atoms with Crippen LogP contribution >= 0.6 is 43.2 Å². The van der Waals surface area contributed by atoms with Crippen molar-refractivity contribution in [3.8, 4) is 11.1 Å². The molecule has 84 valence electrons. The fraction of sp³-hybridized carbons (Fsp3) is 0. The minimum absolute atomic E-state index is 1.15. The number of hydrogen-bond acceptors (Lipinski definition) is 1. The molecule has 3 heteroatoms. The highest BCUT2D eigenvalue weighted by Crippen LogP contribution is 2.40. The number of benzene rings is 2. The van der Waals surface area contributed by atoms with E-state index >= 15 is 0 Å². The SMILES string of the molecule is Brc1sc2cc(-c3ccccc3)ccc2c1Br. The van der Waals surface area contributed by atoms with Crippen LogP contribution in [0.3, 0.4) is 0 Å². The lowest BCUT2D eigenvalue weighted by Gasteiger charge is -2.01. The zero-order valence-electron chi connectivity index (χ0n) is 8.78. The van der Waals surface area contributed by atoms with E-state index in [2.05, 4.69) is 74.3 Å². The second kappa shape index (κ2) is 4.56. The third-order valence-electron chi connectivity index (χ3n) is 2.70. The molecule has 0 atom stereocenters. The molecule has 0 radical (unpaired) electrons. The first-order valence-electron chi connectivity index (χ1n) is 5.18. The van der Waals surface area contributed by atoms with E-state index in [0.717, 1.165) is 8.26 Å². The van der Waals surface area contributed by atoms with Crippen LogP contribution in [0, 0.1) is 0 Å². The van der Waals surface area contributed by atoms with Crippen molar-refractivity contribution in [1.29, 1.82) is 0 Å². The highest BCUT2D eigenvalue weighted by Gasteiger charge is 2.08. The molecule has 0 saturated heterocycles. The van der Waals surface area contributed by atoms with Gasteiger partial charge in [-0.2, -0.15) is 0 Å². The normalized spacial score (nSPS) is 10.9. The Hall–Kier alpha value is -0.640. The third kappa shape index (κ3) is 2.07. The van der Waals surface area contributed by atoms with Gasteiger partial charge in [-0.1, -0.05) is 42.5 Å². The van der Waals surface area contributed by atoms with Crippen LogP contribution in [0.5, 0.6) is 0 Å². The van der Waals surface area contributed by atoms with Crippen molar-refractivity contribution in [2.45, 2.75) is 0 Å². The zero-order valence-corrected chi connectivity index (χ0v) is 12.8. The van der Waals surface area contributed by atoms with Crippen LogP contribution < -0.4 is 0 Å². The Morgan fingerprint density at radius 1 is 0.824 bits per heavy atom. The fourth-order valence-electron chi connectivity index (χ4n) is 1.85. The molecule has 3 rings (SSSR count). The lowest BCUT2D eigenvalue weighted by molar-refractivity contribution is 1.65. The highest BCUT2D eigenvalue weighted by atomic mass is 79.9. The molecule has 0 aliphatic heterocycles. The van der Waals surface area contributed by atoms with Gasteiger partial charge in [-0.15, -0.1) is 11.3 Å². The zero-order chi connectivity index (χ0) is 11.8. The summed E-state index contributed by atoms with van der Waals surface area (Å²) in [6.07, 6.45) is 0. The first-order chi connectivity index (χ1) is 8.25. The molecule has 3 aromatic rings. The van der Waals surface area contributed by atoms with Gasteiger partial charge >= 0.3 is 0 Å². The van der Waals surface area contributed by atoms with Gasteiger partial charge < -0.3 is 0 Å². The van der Waals surface area contributed by atoms with Crippen molar-refractivity contribution >= 4 is 53.3 Å². The first kappa shape index (κ1) is 11.5. The first-order valence-corrected chi connectivity index (χ1v) is 7.59. The van der Waals surface area contributed by atoms with Crippen molar-refractivity contribution in [1.82, 2.24) is 0 Å². The van der Waals surface area contributed by atoms with E-state index in [4.69, 9.17) is 0 Å². The molecule has 0 bridgehead atoms. The Bertz CT molecular complexity index is 671. The summed E-state index contributed by atoms with van der Waals surface area (Å²) in [5, 5.41) is 1.27. The maximum atomic E-state index is 3.60. The summed E-state index contributed by atoms with van der Waals surface area (Å²) in [5.74, 6) is 0. The molecular weight excluding hydrogens is 360 g/mol. The molecule has 0 fully saturated rings. The van der Waals surface area contributed by atoms with E-state index in [9.17, 15) is 0 Å². The van der Waals surface area contributed by atoms with E-state index in [1.54, 1.807) is 11.3 Å². The fourth-order valence-corrected chi connectivity index (χ4v) is 4.16. The van der Waals surface area contributed by atoms with Gasteiger partial charge in [0.05, 0.1) is 8.26 Å². The smallest absolute Gasteiger partial charge is 0.0853 e. The van der Waals surface area contributed by atoms with Crippen LogP contribution in [0.25, 0.3) is 21.2 Å². The summed E-state index contributed by atoms with van der Waals surface area (Å²) in [7, 11) is 0. The lowest BCUT2D eigenvalue weighted by atomic mass is 10.1. The minimum atomic E-state index is 1.15. The average molecular weight is 368 g/mol. The molecule has 0 N–H and O–H groups in total. The summed E-state index contributed by atoms with van der Waals surface area (Å²) in [6.45, 7) is 0. The van der Waals surface area contributed by atoms with E-state index in [-0.39, 0.29) is 0 Å². The van der Waals surface area contributed by atoms with E-state index < -0.39 is 0 Å². The number of hydrogen-bond donors (Lipinski definition) is 0. The maximum Gasteiger partial charge on any atom is 0.0853 e. The topological polar surface area (TPSA) is 0 Å². The van der Waals surface area contributed by atoms with Gasteiger partial charge in [0.2, 0.25) is 0 Å². The van der Waals surface area contributed by atoms with Gasteiger partial charge in [0, 0.05) is 10.1 Å². The summed E-state index contributed by atoms with van der Waals surface area (Å²) in [5.41, 5.74) is 2.52. The van der Waals surface area contributed by atoms with Crippen molar-refractivity contribution < 1.29 is 0 Å². The quantitative estimate of drug-likeness (QED) is 0.487. The van der Waals surface area contributed by atoms with Gasteiger partial charge in [0.1, 0.15) is 0 Å². The summed E-state index contributed by atoms with van der Waals surface area (Å²) < 4.78 is 3.60. The molecule has 1 heterocycles. The highest BCUT2D eigenvalue weighted by molar-refractivity contribution is 9.13. The van der Waals surface area contributed by atoms with Gasteiger partial charge in [-0.25, -0.2) is 0 Å². The Kier molecular flexibility index (Phi) is 3.07. The number of rotatable bonds is 1. The van der Waals surface area contributed by atoms with E-state index in [1.165, 1.54) is 21.2 Å². The second-order valence-corrected chi connectivity index (χ2v) is 6.93.